The van der Waals surface area contributed by atoms with E-state index < -0.39 is 19.9 Å². The summed E-state index contributed by atoms with van der Waals surface area (Å²) < 4.78 is 50.5. The Kier molecular flexibility index (Phi) is 6.91. The van der Waals surface area contributed by atoms with Crippen molar-refractivity contribution in [2.45, 2.75) is 27.5 Å². The van der Waals surface area contributed by atoms with Gasteiger partial charge in [-0.25, -0.2) is 16.8 Å². The van der Waals surface area contributed by atoms with Gasteiger partial charge in [-0.2, -0.15) is 4.31 Å². The highest BCUT2D eigenvalue weighted by Gasteiger charge is 2.33. The number of rotatable bonds is 6. The van der Waals surface area contributed by atoms with Gasteiger partial charge >= 0.3 is 0 Å². The maximum Gasteiger partial charge on any atom is 0.244 e. The van der Waals surface area contributed by atoms with E-state index >= 15 is 0 Å². The molecule has 1 N–H and O–H groups in total. The lowest BCUT2D eigenvalue weighted by Crippen LogP contribution is -2.41. The fourth-order valence-corrected chi connectivity index (χ4v) is 6.58. The molecular weight excluding hydrogens is 444 g/mol. The summed E-state index contributed by atoms with van der Waals surface area (Å²) in [5.74, 6) is -0.495. The van der Waals surface area contributed by atoms with E-state index in [1.54, 1.807) is 30.3 Å². The van der Waals surface area contributed by atoms with Gasteiger partial charge in [-0.3, -0.25) is 4.79 Å². The van der Waals surface area contributed by atoms with Crippen molar-refractivity contribution < 1.29 is 21.6 Å². The molecule has 1 amide bonds. The predicted octanol–water partition coefficient (Wildman–Crippen LogP) is 2.85. The van der Waals surface area contributed by atoms with E-state index in [9.17, 15) is 21.6 Å². The molecule has 10 heteroatoms. The van der Waals surface area contributed by atoms with Crippen molar-refractivity contribution in [3.63, 3.8) is 0 Å². The summed E-state index contributed by atoms with van der Waals surface area (Å²) in [6, 6.07) is 12.9. The molecule has 0 atom stereocenters. The fraction of sp³-hybridized carbons (Fsp3) is 0.350. The molecule has 1 fully saturated rings. The molecule has 2 aromatic rings. The SMILES string of the molecule is CSc1ccccc1S(=O)(=O)N1CCC(C(=O)Nc2ccc(S(C)(=O)=O)cc2)CC1. The monoisotopic (exact) mass is 468 g/mol. The second kappa shape index (κ2) is 9.09. The molecule has 7 nitrogen and oxygen atoms in total. The standard InChI is InChI=1S/C20H24N2O5S3/c1-28-18-5-3-4-6-19(18)30(26,27)22-13-11-15(12-14-22)20(23)21-16-7-9-17(10-8-16)29(2,24)25/h3-10,15H,11-14H2,1-2H3,(H,21,23). The normalized spacial score (nSPS) is 16.3. The number of piperidine rings is 1. The van der Waals surface area contributed by atoms with E-state index in [2.05, 4.69) is 5.32 Å². The first-order chi connectivity index (χ1) is 14.1. The molecule has 1 saturated heterocycles. The minimum Gasteiger partial charge on any atom is -0.326 e. The van der Waals surface area contributed by atoms with E-state index in [1.807, 2.05) is 12.3 Å². The van der Waals surface area contributed by atoms with Gasteiger partial charge in [-0.1, -0.05) is 12.1 Å². The minimum atomic E-state index is -3.61. The molecule has 0 aromatic heterocycles. The molecule has 1 heterocycles. The molecule has 3 rings (SSSR count). The van der Waals surface area contributed by atoms with Crippen molar-refractivity contribution in [3.05, 3.63) is 48.5 Å². The number of nitrogens with zero attached hydrogens (tertiary/aromatic N) is 1. The second-order valence-corrected chi connectivity index (χ2v) is 11.9. The van der Waals surface area contributed by atoms with Crippen molar-refractivity contribution in [2.24, 2.45) is 5.92 Å². The number of anilines is 1. The maximum absolute atomic E-state index is 13.0. The molecule has 0 radical (unpaired) electrons. The molecule has 0 bridgehead atoms. The Morgan fingerprint density at radius 1 is 1.00 bits per heavy atom. The Bertz CT molecular complexity index is 1120. The number of thioether (sulfide) groups is 1. The minimum absolute atomic E-state index is 0.185. The molecule has 0 aliphatic carbocycles. The third-order valence-electron chi connectivity index (χ3n) is 5.06. The maximum atomic E-state index is 13.0. The average molecular weight is 469 g/mol. The number of benzene rings is 2. The molecule has 0 saturated carbocycles. The molecule has 1 aliphatic heterocycles. The summed E-state index contributed by atoms with van der Waals surface area (Å²) in [4.78, 5) is 13.8. The van der Waals surface area contributed by atoms with Gasteiger partial charge in [-0.15, -0.1) is 11.8 Å². The first-order valence-corrected chi connectivity index (χ1v) is 13.9. The van der Waals surface area contributed by atoms with Gasteiger partial charge in [0, 0.05) is 35.8 Å². The molecule has 1 aliphatic rings. The van der Waals surface area contributed by atoms with Crippen molar-refractivity contribution in [3.8, 4) is 0 Å². The van der Waals surface area contributed by atoms with Crippen LogP contribution in [0.25, 0.3) is 0 Å². The Labute approximate surface area is 181 Å². The Hall–Kier alpha value is -1.88. The van der Waals surface area contributed by atoms with E-state index in [1.165, 1.54) is 28.2 Å². The zero-order chi connectivity index (χ0) is 21.9. The molecule has 30 heavy (non-hydrogen) atoms. The number of sulfonamides is 1. The molecule has 2 aromatic carbocycles. The van der Waals surface area contributed by atoms with Crippen LogP contribution in [0.5, 0.6) is 0 Å². The van der Waals surface area contributed by atoms with Gasteiger partial charge in [0.05, 0.1) is 9.79 Å². The summed E-state index contributed by atoms with van der Waals surface area (Å²) in [6.45, 7) is 0.548. The van der Waals surface area contributed by atoms with Crippen LogP contribution in [0.15, 0.2) is 63.2 Å². The van der Waals surface area contributed by atoms with E-state index in [4.69, 9.17) is 0 Å². The number of nitrogens with one attached hydrogen (secondary N) is 1. The van der Waals surface area contributed by atoms with Gasteiger partial charge in [0.15, 0.2) is 9.84 Å². The van der Waals surface area contributed by atoms with Crippen LogP contribution in [0.2, 0.25) is 0 Å². The van der Waals surface area contributed by atoms with Gasteiger partial charge in [0.2, 0.25) is 15.9 Å². The Morgan fingerprint density at radius 3 is 2.17 bits per heavy atom. The number of hydrogen-bond donors (Lipinski definition) is 1. The highest BCUT2D eigenvalue weighted by molar-refractivity contribution is 7.99. The Balaban J connectivity index is 1.63. The summed E-state index contributed by atoms with van der Waals surface area (Å²) in [5, 5.41) is 2.79. The summed E-state index contributed by atoms with van der Waals surface area (Å²) in [7, 11) is -6.90. The van der Waals surface area contributed by atoms with E-state index in [-0.39, 0.29) is 29.8 Å². The van der Waals surface area contributed by atoms with Crippen LogP contribution in [0, 0.1) is 5.92 Å². The highest BCUT2D eigenvalue weighted by Crippen LogP contribution is 2.30. The van der Waals surface area contributed by atoms with Gasteiger partial charge in [0.25, 0.3) is 0 Å². The van der Waals surface area contributed by atoms with Crippen LogP contribution < -0.4 is 5.32 Å². The summed E-state index contributed by atoms with van der Waals surface area (Å²) >= 11 is 1.39. The van der Waals surface area contributed by atoms with Crippen LogP contribution in [-0.4, -0.2) is 52.6 Å². The lowest BCUT2D eigenvalue weighted by Gasteiger charge is -2.31. The summed E-state index contributed by atoms with van der Waals surface area (Å²) in [5.41, 5.74) is 0.511. The third kappa shape index (κ3) is 5.05. The van der Waals surface area contributed by atoms with Crippen LogP contribution in [-0.2, 0) is 24.7 Å². The summed E-state index contributed by atoms with van der Waals surface area (Å²) in [6.07, 6.45) is 3.81. The molecule has 162 valence electrons. The zero-order valence-electron chi connectivity index (χ0n) is 16.7. The van der Waals surface area contributed by atoms with Crippen LogP contribution in [0.3, 0.4) is 0 Å². The van der Waals surface area contributed by atoms with E-state index in [0.717, 1.165) is 6.26 Å². The van der Waals surface area contributed by atoms with E-state index in [0.29, 0.717) is 28.3 Å². The second-order valence-electron chi connectivity index (χ2n) is 7.12. The van der Waals surface area contributed by atoms with Crippen molar-refractivity contribution >= 4 is 43.2 Å². The molecule has 0 unspecified atom stereocenters. The quantitative estimate of drug-likeness (QED) is 0.655. The van der Waals surface area contributed by atoms with Crippen LogP contribution in [0.4, 0.5) is 5.69 Å². The highest BCUT2D eigenvalue weighted by atomic mass is 32.2. The zero-order valence-corrected chi connectivity index (χ0v) is 19.2. The van der Waals surface area contributed by atoms with Crippen molar-refractivity contribution in [1.29, 1.82) is 0 Å². The lowest BCUT2D eigenvalue weighted by molar-refractivity contribution is -0.120. The number of carbonyl (C=O) groups is 1. The first-order valence-electron chi connectivity index (χ1n) is 9.37. The topological polar surface area (TPSA) is 101 Å². The van der Waals surface area contributed by atoms with Gasteiger partial charge < -0.3 is 5.32 Å². The van der Waals surface area contributed by atoms with Crippen molar-refractivity contribution in [1.82, 2.24) is 4.31 Å². The molecular formula is C20H24N2O5S3. The number of sulfone groups is 1. The molecule has 0 spiro atoms. The lowest BCUT2D eigenvalue weighted by atomic mass is 9.97. The predicted molar refractivity (Wildman–Crippen MR) is 118 cm³/mol. The van der Waals surface area contributed by atoms with Gasteiger partial charge in [0.1, 0.15) is 0 Å². The fourth-order valence-electron chi connectivity index (χ4n) is 3.36. The van der Waals surface area contributed by atoms with Gasteiger partial charge in [-0.05, 0) is 55.5 Å². The number of hydrogen-bond acceptors (Lipinski definition) is 6. The number of carbonyl (C=O) groups excluding carboxylic acids is 1. The number of amides is 1. The first kappa shape index (κ1) is 22.8. The van der Waals surface area contributed by atoms with Crippen LogP contribution >= 0.6 is 11.8 Å². The average Bonchev–Trinajstić information content (AvgIpc) is 2.73. The van der Waals surface area contributed by atoms with Crippen LogP contribution in [0.1, 0.15) is 12.8 Å². The Morgan fingerprint density at radius 2 is 1.60 bits per heavy atom. The largest absolute Gasteiger partial charge is 0.326 e. The smallest absolute Gasteiger partial charge is 0.244 e. The third-order valence-corrected chi connectivity index (χ3v) is 9.07. The van der Waals surface area contributed by atoms with Crippen molar-refractivity contribution in [2.75, 3.05) is 30.9 Å².